The molecule has 0 unspecified atom stereocenters. The van der Waals surface area contributed by atoms with Crippen LogP contribution in [0, 0.1) is 0 Å². The molecule has 0 amide bonds. The largest absolute Gasteiger partial charge is 0.431 e. The van der Waals surface area contributed by atoms with Gasteiger partial charge in [0.05, 0.1) is 6.61 Å². The maximum atomic E-state index is 12.3. The van der Waals surface area contributed by atoms with E-state index in [-0.39, 0.29) is 6.54 Å². The zero-order chi connectivity index (χ0) is 10.8. The summed E-state index contributed by atoms with van der Waals surface area (Å²) in [6.45, 7) is -0.860. The van der Waals surface area contributed by atoms with Crippen molar-refractivity contribution < 1.29 is 18.3 Å². The van der Waals surface area contributed by atoms with Crippen LogP contribution >= 0.6 is 0 Å². The molecule has 0 radical (unpaired) electrons. The molecule has 0 bridgehead atoms. The van der Waals surface area contributed by atoms with Crippen LogP contribution in [-0.2, 0) is 12.7 Å². The van der Waals surface area contributed by atoms with Gasteiger partial charge in [0.15, 0.2) is 0 Å². The van der Waals surface area contributed by atoms with Gasteiger partial charge in [0.25, 0.3) is 5.56 Å². The fourth-order valence-corrected chi connectivity index (χ4v) is 1.10. The molecule has 0 aromatic carbocycles. The Morgan fingerprint density at radius 3 is 2.50 bits per heavy atom. The topological polar surface area (TPSA) is 42.2 Å². The van der Waals surface area contributed by atoms with E-state index in [9.17, 15) is 18.0 Å². The molecule has 0 spiro atoms. The van der Waals surface area contributed by atoms with Gasteiger partial charge in [-0.25, -0.2) is 0 Å². The quantitative estimate of drug-likeness (QED) is 0.781. The fraction of sp³-hybridized carbons (Fsp3) is 0.375. The van der Waals surface area contributed by atoms with Crippen LogP contribution in [0.1, 0.15) is 5.69 Å². The maximum Gasteiger partial charge on any atom is 0.431 e. The molecule has 3 nitrogen and oxygen atoms in total. The van der Waals surface area contributed by atoms with Crippen LogP contribution in [0.3, 0.4) is 0 Å². The van der Waals surface area contributed by atoms with Crippen molar-refractivity contribution in [3.8, 4) is 0 Å². The first kappa shape index (κ1) is 10.8. The highest BCUT2D eigenvalue weighted by molar-refractivity contribution is 5.10. The van der Waals surface area contributed by atoms with Crippen LogP contribution in [0.2, 0.25) is 0 Å². The SMILES string of the molecule is O=c1cccc(C(F)(F)F)n1CCO. The van der Waals surface area contributed by atoms with Crippen molar-refractivity contribution in [2.45, 2.75) is 12.7 Å². The number of aromatic nitrogens is 1. The highest BCUT2D eigenvalue weighted by atomic mass is 19.4. The molecule has 6 heteroatoms. The van der Waals surface area contributed by atoms with Crippen molar-refractivity contribution in [1.82, 2.24) is 4.57 Å². The second-order valence-electron chi connectivity index (χ2n) is 2.62. The second kappa shape index (κ2) is 3.83. The van der Waals surface area contributed by atoms with Gasteiger partial charge in [0, 0.05) is 12.6 Å². The normalized spacial score (nSPS) is 11.7. The zero-order valence-electron chi connectivity index (χ0n) is 7.08. The van der Waals surface area contributed by atoms with E-state index in [0.29, 0.717) is 4.57 Å². The first-order valence-corrected chi connectivity index (χ1v) is 3.84. The van der Waals surface area contributed by atoms with Crippen molar-refractivity contribution in [1.29, 1.82) is 0 Å². The Labute approximate surface area is 77.4 Å². The number of nitrogens with zero attached hydrogens (tertiary/aromatic N) is 1. The molecule has 78 valence electrons. The van der Waals surface area contributed by atoms with Gasteiger partial charge in [-0.1, -0.05) is 6.07 Å². The van der Waals surface area contributed by atoms with Crippen LogP contribution in [0.15, 0.2) is 23.0 Å². The number of pyridine rings is 1. The van der Waals surface area contributed by atoms with E-state index in [1.165, 1.54) is 0 Å². The van der Waals surface area contributed by atoms with E-state index >= 15 is 0 Å². The summed E-state index contributed by atoms with van der Waals surface area (Å²) in [5.41, 5.74) is -1.81. The van der Waals surface area contributed by atoms with Gasteiger partial charge in [0.2, 0.25) is 0 Å². The van der Waals surface area contributed by atoms with Gasteiger partial charge in [-0.2, -0.15) is 13.2 Å². The van der Waals surface area contributed by atoms with E-state index in [4.69, 9.17) is 5.11 Å². The van der Waals surface area contributed by atoms with Crippen LogP contribution < -0.4 is 5.56 Å². The van der Waals surface area contributed by atoms with Crippen LogP contribution in [-0.4, -0.2) is 16.3 Å². The minimum atomic E-state index is -4.57. The Hall–Kier alpha value is -1.30. The standard InChI is InChI=1S/C8H8F3NO2/c9-8(10,11)6-2-1-3-7(14)12(6)4-5-13/h1-3,13H,4-5H2. The number of aliphatic hydroxyl groups excluding tert-OH is 1. The molecule has 1 rings (SSSR count). The second-order valence-corrected chi connectivity index (χ2v) is 2.62. The number of aliphatic hydroxyl groups is 1. The van der Waals surface area contributed by atoms with E-state index < -0.39 is 24.0 Å². The Morgan fingerprint density at radius 1 is 1.36 bits per heavy atom. The molecule has 14 heavy (non-hydrogen) atoms. The number of hydrogen-bond acceptors (Lipinski definition) is 2. The summed E-state index contributed by atoms with van der Waals surface area (Å²) in [6, 6.07) is 2.86. The first-order valence-electron chi connectivity index (χ1n) is 3.84. The molecule has 1 aromatic heterocycles. The van der Waals surface area contributed by atoms with E-state index in [2.05, 4.69) is 0 Å². The third-order valence-corrected chi connectivity index (χ3v) is 1.66. The summed E-state index contributed by atoms with van der Waals surface area (Å²) in [5.74, 6) is 0. The molecule has 0 aliphatic carbocycles. The molecule has 0 fully saturated rings. The van der Waals surface area contributed by atoms with E-state index in [0.717, 1.165) is 18.2 Å². The molecule has 1 aromatic rings. The lowest BCUT2D eigenvalue weighted by molar-refractivity contribution is -0.144. The van der Waals surface area contributed by atoms with Crippen molar-refractivity contribution in [3.05, 3.63) is 34.2 Å². The molecule has 1 heterocycles. The smallest absolute Gasteiger partial charge is 0.395 e. The Morgan fingerprint density at radius 2 is 2.00 bits per heavy atom. The molecule has 0 saturated heterocycles. The Bertz CT molecular complexity index is 370. The number of halogens is 3. The predicted octanol–water partition coefficient (Wildman–Crippen LogP) is 0.859. The van der Waals surface area contributed by atoms with Crippen LogP contribution in [0.25, 0.3) is 0 Å². The minimum absolute atomic E-state index is 0.353. The van der Waals surface area contributed by atoms with E-state index in [1.807, 2.05) is 0 Å². The molecule has 0 aliphatic heterocycles. The first-order chi connectivity index (χ1) is 6.46. The predicted molar refractivity (Wildman–Crippen MR) is 42.8 cm³/mol. The van der Waals surface area contributed by atoms with Gasteiger partial charge < -0.3 is 9.67 Å². The third kappa shape index (κ3) is 2.14. The summed E-state index contributed by atoms with van der Waals surface area (Å²) in [7, 11) is 0. The van der Waals surface area contributed by atoms with Crippen LogP contribution in [0.5, 0.6) is 0 Å². The molecule has 0 saturated carbocycles. The molecular weight excluding hydrogens is 199 g/mol. The minimum Gasteiger partial charge on any atom is -0.395 e. The maximum absolute atomic E-state index is 12.3. The average molecular weight is 207 g/mol. The van der Waals surface area contributed by atoms with Gasteiger partial charge in [-0.05, 0) is 6.07 Å². The van der Waals surface area contributed by atoms with Gasteiger partial charge >= 0.3 is 6.18 Å². The molecular formula is C8H8F3NO2. The van der Waals surface area contributed by atoms with Gasteiger partial charge in [-0.3, -0.25) is 4.79 Å². The van der Waals surface area contributed by atoms with Gasteiger partial charge in [0.1, 0.15) is 5.69 Å². The van der Waals surface area contributed by atoms with Crippen molar-refractivity contribution in [2.24, 2.45) is 0 Å². The lowest BCUT2D eigenvalue weighted by Crippen LogP contribution is -2.28. The lowest BCUT2D eigenvalue weighted by Gasteiger charge is -2.13. The van der Waals surface area contributed by atoms with Crippen LogP contribution in [0.4, 0.5) is 13.2 Å². The fourth-order valence-electron chi connectivity index (χ4n) is 1.10. The van der Waals surface area contributed by atoms with Gasteiger partial charge in [-0.15, -0.1) is 0 Å². The van der Waals surface area contributed by atoms with Crippen molar-refractivity contribution in [3.63, 3.8) is 0 Å². The number of hydrogen-bond donors (Lipinski definition) is 1. The number of alkyl halides is 3. The highest BCUT2D eigenvalue weighted by Gasteiger charge is 2.33. The van der Waals surface area contributed by atoms with E-state index in [1.54, 1.807) is 0 Å². The monoisotopic (exact) mass is 207 g/mol. The summed E-state index contributed by atoms with van der Waals surface area (Å²) in [5, 5.41) is 8.51. The molecule has 0 aliphatic rings. The molecule has 1 N–H and O–H groups in total. The summed E-state index contributed by atoms with van der Waals surface area (Å²) >= 11 is 0. The zero-order valence-corrected chi connectivity index (χ0v) is 7.08. The Kier molecular flexibility index (Phi) is 2.95. The average Bonchev–Trinajstić information content (AvgIpc) is 2.07. The lowest BCUT2D eigenvalue weighted by atomic mass is 10.3. The third-order valence-electron chi connectivity index (χ3n) is 1.66. The summed E-state index contributed by atoms with van der Waals surface area (Å²) in [6.07, 6.45) is -4.57. The highest BCUT2D eigenvalue weighted by Crippen LogP contribution is 2.27. The summed E-state index contributed by atoms with van der Waals surface area (Å²) in [4.78, 5) is 11.0. The molecule has 0 atom stereocenters. The number of rotatable bonds is 2. The summed E-state index contributed by atoms with van der Waals surface area (Å²) < 4.78 is 37.4. The van der Waals surface area contributed by atoms with Crippen molar-refractivity contribution in [2.75, 3.05) is 6.61 Å². The van der Waals surface area contributed by atoms with Crippen molar-refractivity contribution >= 4 is 0 Å². The Balaban J connectivity index is 3.29.